The van der Waals surface area contributed by atoms with Gasteiger partial charge in [-0.25, -0.2) is 9.97 Å². The zero-order valence-electron chi connectivity index (χ0n) is 20.5. The normalized spacial score (nSPS) is 17.1. The average molecular weight is 527 g/mol. The monoisotopic (exact) mass is 526 g/mol. The van der Waals surface area contributed by atoms with Gasteiger partial charge in [-0.15, -0.1) is 0 Å². The topological polar surface area (TPSA) is 117 Å². The number of imidazole rings is 1. The highest BCUT2D eigenvalue weighted by Gasteiger charge is 2.48. The van der Waals surface area contributed by atoms with Gasteiger partial charge in [0.05, 0.1) is 34.1 Å². The lowest BCUT2D eigenvalue weighted by Crippen LogP contribution is -2.29. The van der Waals surface area contributed by atoms with Crippen molar-refractivity contribution in [1.29, 1.82) is 0 Å². The van der Waals surface area contributed by atoms with Crippen molar-refractivity contribution in [2.45, 2.75) is 19.9 Å². The number of thiazole rings is 1. The molecular weight excluding hydrogens is 504 g/mol. The molecule has 190 valence electrons. The summed E-state index contributed by atoms with van der Waals surface area (Å²) in [7, 11) is 0. The Labute approximate surface area is 220 Å². The van der Waals surface area contributed by atoms with Gasteiger partial charge in [-0.1, -0.05) is 29.5 Å². The minimum Gasteiger partial charge on any atom is -0.508 e. The Kier molecular flexibility index (Phi) is 5.61. The molecule has 6 rings (SSSR count). The number of anilines is 1. The van der Waals surface area contributed by atoms with Crippen LogP contribution in [-0.4, -0.2) is 42.9 Å². The van der Waals surface area contributed by atoms with E-state index in [4.69, 9.17) is 4.74 Å². The Hall–Kier alpha value is -4.70. The second-order valence-electron chi connectivity index (χ2n) is 8.80. The highest BCUT2D eigenvalue weighted by atomic mass is 32.1. The van der Waals surface area contributed by atoms with E-state index >= 15 is 0 Å². The molecule has 0 aliphatic carbocycles. The molecule has 0 spiro atoms. The van der Waals surface area contributed by atoms with Crippen LogP contribution in [0.15, 0.2) is 72.4 Å². The van der Waals surface area contributed by atoms with Crippen molar-refractivity contribution in [3.63, 3.8) is 0 Å². The van der Waals surface area contributed by atoms with Crippen LogP contribution in [0.3, 0.4) is 0 Å². The molecule has 1 aliphatic rings. The van der Waals surface area contributed by atoms with E-state index in [1.807, 2.05) is 19.1 Å². The first-order chi connectivity index (χ1) is 18.4. The first-order valence-corrected chi connectivity index (χ1v) is 12.8. The maximum Gasteiger partial charge on any atom is 0.301 e. The van der Waals surface area contributed by atoms with Crippen molar-refractivity contribution in [3.8, 4) is 11.5 Å². The van der Waals surface area contributed by atoms with E-state index in [0.29, 0.717) is 40.5 Å². The lowest BCUT2D eigenvalue weighted by atomic mass is 9.96. The van der Waals surface area contributed by atoms with Gasteiger partial charge in [0.15, 0.2) is 10.9 Å². The second-order valence-corrected chi connectivity index (χ2v) is 9.81. The smallest absolute Gasteiger partial charge is 0.301 e. The second kappa shape index (κ2) is 9.00. The number of aliphatic hydroxyl groups excluding tert-OH is 1. The zero-order chi connectivity index (χ0) is 26.6. The first-order valence-electron chi connectivity index (χ1n) is 11.9. The van der Waals surface area contributed by atoms with Crippen molar-refractivity contribution in [2.75, 3.05) is 11.5 Å². The fourth-order valence-corrected chi connectivity index (χ4v) is 5.84. The summed E-state index contributed by atoms with van der Waals surface area (Å²) in [6.07, 6.45) is 1.73. The molecular formula is C28H22N4O5S. The van der Waals surface area contributed by atoms with Crippen molar-refractivity contribution >= 4 is 49.8 Å². The third-order valence-electron chi connectivity index (χ3n) is 6.42. The number of hydrogen-bond acceptors (Lipinski definition) is 8. The standard InChI is InChI=1S/C28H22N4O5S/c1-3-37-18-10-11-19-20(14-18)38-28(30-19)32-24(16-7-6-8-17(33)13-16)22(26(35)27(32)36)25(34)23-15(2)29-21-9-4-5-12-31(21)23/h4-14,24,33-34H,3H2,1-2H3/b25-22+. The predicted molar refractivity (Wildman–Crippen MR) is 144 cm³/mol. The average Bonchev–Trinajstić information content (AvgIpc) is 3.54. The number of benzene rings is 2. The summed E-state index contributed by atoms with van der Waals surface area (Å²) in [5.41, 5.74) is 2.39. The van der Waals surface area contributed by atoms with Crippen molar-refractivity contribution < 1.29 is 24.5 Å². The number of amides is 1. The van der Waals surface area contributed by atoms with Crippen LogP contribution in [0.25, 0.3) is 21.6 Å². The molecule has 9 nitrogen and oxygen atoms in total. The van der Waals surface area contributed by atoms with Crippen LogP contribution in [0.1, 0.15) is 29.9 Å². The molecule has 4 heterocycles. The predicted octanol–water partition coefficient (Wildman–Crippen LogP) is 4.98. The van der Waals surface area contributed by atoms with Crippen LogP contribution in [0.5, 0.6) is 11.5 Å². The number of rotatable bonds is 5. The lowest BCUT2D eigenvalue weighted by molar-refractivity contribution is -0.132. The maximum atomic E-state index is 13.6. The Morgan fingerprint density at radius 2 is 1.92 bits per heavy atom. The molecule has 1 amide bonds. The number of phenolic OH excluding ortho intramolecular Hbond substituents is 1. The summed E-state index contributed by atoms with van der Waals surface area (Å²) in [5.74, 6) is -1.39. The summed E-state index contributed by atoms with van der Waals surface area (Å²) < 4.78 is 8.04. The number of aliphatic hydroxyl groups is 1. The van der Waals surface area contributed by atoms with E-state index in [-0.39, 0.29) is 22.2 Å². The number of fused-ring (bicyclic) bond motifs is 2. The highest BCUT2D eigenvalue weighted by Crippen LogP contribution is 2.45. The van der Waals surface area contributed by atoms with Crippen molar-refractivity contribution in [2.24, 2.45) is 0 Å². The van der Waals surface area contributed by atoms with Gasteiger partial charge < -0.3 is 14.9 Å². The van der Waals surface area contributed by atoms with Crippen LogP contribution in [0, 0.1) is 6.92 Å². The van der Waals surface area contributed by atoms with Gasteiger partial charge in [-0.2, -0.15) is 0 Å². The molecule has 3 aromatic heterocycles. The SMILES string of the molecule is CCOc1ccc2nc(N3C(=O)C(=O)/C(=C(/O)c4c(C)nc5ccccn45)C3c3cccc(O)c3)sc2c1. The van der Waals surface area contributed by atoms with Gasteiger partial charge in [0, 0.05) is 6.20 Å². The van der Waals surface area contributed by atoms with Crippen molar-refractivity contribution in [3.05, 3.63) is 89.4 Å². The Balaban J connectivity index is 1.58. The zero-order valence-corrected chi connectivity index (χ0v) is 21.3. The molecule has 1 unspecified atom stereocenters. The summed E-state index contributed by atoms with van der Waals surface area (Å²) in [6.45, 7) is 4.12. The van der Waals surface area contributed by atoms with Gasteiger partial charge in [0.2, 0.25) is 0 Å². The van der Waals surface area contributed by atoms with Crippen LogP contribution >= 0.6 is 11.3 Å². The quantitative estimate of drug-likeness (QED) is 0.188. The van der Waals surface area contributed by atoms with E-state index in [1.54, 1.807) is 53.9 Å². The van der Waals surface area contributed by atoms with Gasteiger partial charge in [0.25, 0.3) is 5.78 Å². The Morgan fingerprint density at radius 3 is 2.71 bits per heavy atom. The minimum atomic E-state index is -1.03. The number of Topliss-reactive ketones (excluding diaryl/α,β-unsaturated/α-hetero) is 1. The highest BCUT2D eigenvalue weighted by molar-refractivity contribution is 7.22. The van der Waals surface area contributed by atoms with E-state index in [2.05, 4.69) is 9.97 Å². The number of ether oxygens (including phenoxy) is 1. The number of aryl methyl sites for hydroxylation is 1. The Bertz CT molecular complexity index is 1790. The summed E-state index contributed by atoms with van der Waals surface area (Å²) >= 11 is 1.24. The number of carbonyl (C=O) groups excluding carboxylic acids is 2. The number of phenols is 1. The minimum absolute atomic E-state index is 0.0373. The molecule has 1 fully saturated rings. The fraction of sp³-hybridized carbons (Fsp3) is 0.143. The van der Waals surface area contributed by atoms with E-state index in [1.165, 1.54) is 28.4 Å². The number of pyridine rings is 1. The van der Waals surface area contributed by atoms with E-state index in [0.717, 1.165) is 4.70 Å². The first kappa shape index (κ1) is 23.7. The molecule has 2 aromatic carbocycles. The molecule has 1 atom stereocenters. The Morgan fingerprint density at radius 1 is 1.08 bits per heavy atom. The number of nitrogens with zero attached hydrogens (tertiary/aromatic N) is 4. The van der Waals surface area contributed by atoms with Gasteiger partial charge in [0.1, 0.15) is 22.8 Å². The summed E-state index contributed by atoms with van der Waals surface area (Å²) in [4.78, 5) is 37.5. The van der Waals surface area contributed by atoms with Crippen LogP contribution in [0.2, 0.25) is 0 Å². The van der Waals surface area contributed by atoms with Gasteiger partial charge in [-0.3, -0.25) is 18.9 Å². The molecule has 0 saturated carbocycles. The number of ketones is 1. The molecule has 5 aromatic rings. The lowest BCUT2D eigenvalue weighted by Gasteiger charge is -2.23. The molecule has 38 heavy (non-hydrogen) atoms. The number of carbonyl (C=O) groups is 2. The molecule has 2 N–H and O–H groups in total. The number of hydrogen-bond donors (Lipinski definition) is 2. The molecule has 0 radical (unpaired) electrons. The third-order valence-corrected chi connectivity index (χ3v) is 7.44. The van der Waals surface area contributed by atoms with E-state index < -0.39 is 17.7 Å². The third kappa shape index (κ3) is 3.69. The molecule has 1 aliphatic heterocycles. The van der Waals surface area contributed by atoms with E-state index in [9.17, 15) is 19.8 Å². The number of aromatic hydroxyl groups is 1. The van der Waals surface area contributed by atoms with Gasteiger partial charge >= 0.3 is 5.91 Å². The van der Waals surface area contributed by atoms with Crippen molar-refractivity contribution in [1.82, 2.24) is 14.4 Å². The molecule has 10 heteroatoms. The van der Waals surface area contributed by atoms with Crippen LogP contribution in [0.4, 0.5) is 5.13 Å². The van der Waals surface area contributed by atoms with Gasteiger partial charge in [-0.05, 0) is 61.9 Å². The largest absolute Gasteiger partial charge is 0.508 e. The molecule has 0 bridgehead atoms. The number of aromatic nitrogens is 3. The van der Waals surface area contributed by atoms with Crippen LogP contribution in [-0.2, 0) is 9.59 Å². The maximum absolute atomic E-state index is 13.6. The fourth-order valence-electron chi connectivity index (χ4n) is 4.82. The summed E-state index contributed by atoms with van der Waals surface area (Å²) in [5, 5.41) is 22.1. The summed E-state index contributed by atoms with van der Waals surface area (Å²) in [6, 6.07) is 16.1. The molecule has 1 saturated heterocycles. The van der Waals surface area contributed by atoms with Crippen LogP contribution < -0.4 is 9.64 Å².